The molecule has 0 aliphatic heterocycles. The molecule has 0 radical (unpaired) electrons. The monoisotopic (exact) mass is 350 g/mol. The Hall–Kier alpha value is -0.780. The first-order valence-electron chi connectivity index (χ1n) is 8.54. The first-order chi connectivity index (χ1) is 11.0. The lowest BCUT2D eigenvalue weighted by atomic mass is 10.3. The molecule has 2 rings (SSSR count). The highest BCUT2D eigenvalue weighted by molar-refractivity contribution is 7.74. The maximum Gasteiger partial charge on any atom is 0.132 e. The molecule has 1 aromatic heterocycles. The van der Waals surface area contributed by atoms with Crippen LogP contribution in [-0.4, -0.2) is 35.6 Å². The molecule has 5 heteroatoms. The van der Waals surface area contributed by atoms with E-state index in [0.717, 1.165) is 47.1 Å². The molecular weight excluding hydrogens is 322 g/mol. The number of benzene rings is 1. The maximum absolute atomic E-state index is 13.3. The Morgan fingerprint density at radius 1 is 1.04 bits per heavy atom. The van der Waals surface area contributed by atoms with Crippen molar-refractivity contribution in [1.82, 2.24) is 9.97 Å². The molecule has 1 heterocycles. The van der Waals surface area contributed by atoms with E-state index in [2.05, 4.69) is 20.5 Å². The van der Waals surface area contributed by atoms with Crippen molar-refractivity contribution < 1.29 is 4.57 Å². The third-order valence-electron chi connectivity index (χ3n) is 4.13. The van der Waals surface area contributed by atoms with Gasteiger partial charge in [0.2, 0.25) is 0 Å². The molecule has 2 atom stereocenters. The van der Waals surface area contributed by atoms with E-state index in [-0.39, 0.29) is 0 Å². The third-order valence-corrected chi connectivity index (χ3v) is 8.71. The van der Waals surface area contributed by atoms with Gasteiger partial charge in [-0.05, 0) is 44.5 Å². The van der Waals surface area contributed by atoms with E-state index in [1.54, 1.807) is 0 Å². The molecule has 126 valence electrons. The molecule has 0 amide bonds. The number of aromatic nitrogens is 2. The fourth-order valence-electron chi connectivity index (χ4n) is 2.62. The van der Waals surface area contributed by atoms with Crippen molar-refractivity contribution in [3.63, 3.8) is 0 Å². The predicted molar refractivity (Wildman–Crippen MR) is 105 cm³/mol. The Bertz CT molecular complexity index is 702. The molecule has 1 aromatic carbocycles. The number of nitrogens with zero attached hydrogens (tertiary/aromatic N) is 2. The van der Waals surface area contributed by atoms with Crippen LogP contribution in [0.5, 0.6) is 0 Å². The summed E-state index contributed by atoms with van der Waals surface area (Å²) in [5, 5.41) is 0. The number of para-hydroxylation sites is 2. The smallest absolute Gasteiger partial charge is 0.132 e. The molecule has 0 bridgehead atoms. The van der Waals surface area contributed by atoms with Crippen molar-refractivity contribution in [3.05, 3.63) is 24.3 Å². The van der Waals surface area contributed by atoms with Gasteiger partial charge in [0, 0.05) is 6.16 Å². The second-order valence-corrected chi connectivity index (χ2v) is 11.7. The quantitative estimate of drug-likeness (QED) is 0.654. The largest absolute Gasteiger partial charge is 0.317 e. The average Bonchev–Trinajstić information content (AvgIpc) is 2.56. The van der Waals surface area contributed by atoms with Crippen LogP contribution in [0, 0.1) is 0 Å². The molecule has 23 heavy (non-hydrogen) atoms. The normalized spacial score (nSPS) is 15.5. The minimum atomic E-state index is -2.45. The summed E-state index contributed by atoms with van der Waals surface area (Å²) in [6.07, 6.45) is 6.30. The lowest BCUT2D eigenvalue weighted by molar-refractivity contribution is 0.582. The number of rotatable bonds is 8. The van der Waals surface area contributed by atoms with E-state index < -0.39 is 15.1 Å². The van der Waals surface area contributed by atoms with Crippen LogP contribution in [-0.2, 0) is 4.57 Å². The standard InChI is InChI=1S/C18H28N2OP2/c1-5-7-13-22(3)17-18(23(4,21)14-8-6-2)20-16-12-10-9-11-15(16)19-17/h9-12H,5-8,13-14H2,1-4H3/t22-,23?/m1/s1. The first kappa shape index (κ1) is 18.6. The van der Waals surface area contributed by atoms with Crippen LogP contribution in [0.25, 0.3) is 11.0 Å². The SMILES string of the molecule is CCCC[P@@](C)c1nc2ccccc2nc1P(C)(=O)CCCC. The zero-order valence-corrected chi connectivity index (χ0v) is 16.5. The maximum atomic E-state index is 13.3. The van der Waals surface area contributed by atoms with Crippen molar-refractivity contribution in [2.75, 3.05) is 25.7 Å². The number of hydrogen-bond donors (Lipinski definition) is 0. The summed E-state index contributed by atoms with van der Waals surface area (Å²) in [5.74, 6) is 0. The predicted octanol–water partition coefficient (Wildman–Crippen LogP) is 4.59. The van der Waals surface area contributed by atoms with E-state index in [0.29, 0.717) is 0 Å². The molecule has 0 saturated heterocycles. The van der Waals surface area contributed by atoms with Gasteiger partial charge in [0.25, 0.3) is 0 Å². The first-order valence-corrected chi connectivity index (χ1v) is 12.9. The van der Waals surface area contributed by atoms with Gasteiger partial charge in [-0.25, -0.2) is 9.97 Å². The van der Waals surface area contributed by atoms with E-state index in [4.69, 9.17) is 9.97 Å². The zero-order chi connectivity index (χ0) is 16.9. The van der Waals surface area contributed by atoms with Gasteiger partial charge in [0.15, 0.2) is 0 Å². The molecule has 3 nitrogen and oxygen atoms in total. The molecule has 0 aliphatic rings. The van der Waals surface area contributed by atoms with Gasteiger partial charge in [-0.2, -0.15) is 0 Å². The lowest BCUT2D eigenvalue weighted by Crippen LogP contribution is -2.31. The third kappa shape index (κ3) is 4.61. The Morgan fingerprint density at radius 3 is 2.26 bits per heavy atom. The fourth-order valence-corrected chi connectivity index (χ4v) is 7.36. The van der Waals surface area contributed by atoms with Crippen LogP contribution in [0.4, 0.5) is 0 Å². The highest BCUT2D eigenvalue weighted by atomic mass is 31.2. The van der Waals surface area contributed by atoms with E-state index in [1.807, 2.05) is 30.9 Å². The van der Waals surface area contributed by atoms with Crippen molar-refractivity contribution in [3.8, 4) is 0 Å². The summed E-state index contributed by atoms with van der Waals surface area (Å²) >= 11 is 0. The average molecular weight is 350 g/mol. The number of fused-ring (bicyclic) bond motifs is 1. The van der Waals surface area contributed by atoms with Crippen LogP contribution >= 0.6 is 15.1 Å². The van der Waals surface area contributed by atoms with Crippen molar-refractivity contribution in [2.24, 2.45) is 0 Å². The van der Waals surface area contributed by atoms with Crippen molar-refractivity contribution in [2.45, 2.75) is 39.5 Å². The van der Waals surface area contributed by atoms with E-state index in [1.165, 1.54) is 12.8 Å². The Balaban J connectivity index is 2.52. The van der Waals surface area contributed by atoms with E-state index >= 15 is 0 Å². The van der Waals surface area contributed by atoms with Crippen LogP contribution in [0.1, 0.15) is 39.5 Å². The van der Waals surface area contributed by atoms with Gasteiger partial charge in [0.05, 0.1) is 16.5 Å². The summed E-state index contributed by atoms with van der Waals surface area (Å²) < 4.78 is 13.3. The fraction of sp³-hybridized carbons (Fsp3) is 0.556. The van der Waals surface area contributed by atoms with E-state index in [9.17, 15) is 4.57 Å². The topological polar surface area (TPSA) is 42.9 Å². The van der Waals surface area contributed by atoms with Gasteiger partial charge in [-0.15, -0.1) is 0 Å². The van der Waals surface area contributed by atoms with Gasteiger partial charge < -0.3 is 4.57 Å². The van der Waals surface area contributed by atoms with Gasteiger partial charge in [0.1, 0.15) is 12.6 Å². The Kier molecular flexibility index (Phi) is 6.74. The summed E-state index contributed by atoms with van der Waals surface area (Å²) in [6.45, 7) is 8.50. The van der Waals surface area contributed by atoms with Gasteiger partial charge >= 0.3 is 0 Å². The summed E-state index contributed by atoms with van der Waals surface area (Å²) in [7, 11) is -2.85. The molecular formula is C18H28N2OP2. The molecule has 0 aliphatic carbocycles. The number of unbranched alkanes of at least 4 members (excludes halogenated alkanes) is 2. The summed E-state index contributed by atoms with van der Waals surface area (Å²) in [6, 6.07) is 7.94. The van der Waals surface area contributed by atoms with Gasteiger partial charge in [-0.1, -0.05) is 46.7 Å². The van der Waals surface area contributed by atoms with Crippen LogP contribution in [0.3, 0.4) is 0 Å². The van der Waals surface area contributed by atoms with Crippen LogP contribution in [0.15, 0.2) is 24.3 Å². The van der Waals surface area contributed by atoms with Crippen molar-refractivity contribution >= 4 is 37.0 Å². The summed E-state index contributed by atoms with van der Waals surface area (Å²) in [4.78, 5) is 9.72. The van der Waals surface area contributed by atoms with Crippen LogP contribution in [0.2, 0.25) is 0 Å². The van der Waals surface area contributed by atoms with Crippen molar-refractivity contribution in [1.29, 1.82) is 0 Å². The summed E-state index contributed by atoms with van der Waals surface area (Å²) in [5.41, 5.74) is 3.61. The second kappa shape index (κ2) is 8.36. The zero-order valence-electron chi connectivity index (χ0n) is 14.7. The molecule has 2 aromatic rings. The molecule has 0 N–H and O–H groups in total. The Morgan fingerprint density at radius 2 is 1.65 bits per heavy atom. The molecule has 1 unspecified atom stereocenters. The minimum absolute atomic E-state index is 0.401. The molecule has 0 fully saturated rings. The highest BCUT2D eigenvalue weighted by Gasteiger charge is 2.27. The van der Waals surface area contributed by atoms with Gasteiger partial charge in [-0.3, -0.25) is 0 Å². The second-order valence-electron chi connectivity index (χ2n) is 6.31. The van der Waals surface area contributed by atoms with Crippen LogP contribution < -0.4 is 10.9 Å². The Labute approximate surface area is 141 Å². The molecule has 0 saturated carbocycles. The minimum Gasteiger partial charge on any atom is -0.317 e. The molecule has 0 spiro atoms. The lowest BCUT2D eigenvalue weighted by Gasteiger charge is -2.20. The number of hydrogen-bond acceptors (Lipinski definition) is 3. The highest BCUT2D eigenvalue weighted by Crippen LogP contribution is 2.43.